The molecular formula is C9H20O2. The summed E-state index contributed by atoms with van der Waals surface area (Å²) >= 11 is 0. The maximum absolute atomic E-state index is 9.13. The van der Waals surface area contributed by atoms with Crippen LogP contribution in [0.5, 0.6) is 0 Å². The van der Waals surface area contributed by atoms with Crippen LogP contribution in [0.25, 0.3) is 0 Å². The van der Waals surface area contributed by atoms with Crippen LogP contribution < -0.4 is 0 Å². The maximum Gasteiger partial charge on any atom is 0.0488 e. The molecule has 0 saturated carbocycles. The molecule has 2 nitrogen and oxygen atoms in total. The molecule has 2 heteroatoms. The van der Waals surface area contributed by atoms with Gasteiger partial charge in [-0.15, -0.1) is 0 Å². The molecule has 0 aliphatic rings. The van der Waals surface area contributed by atoms with Crippen molar-refractivity contribution >= 4 is 0 Å². The Bertz CT molecular complexity index is 102. The predicted octanol–water partition coefficient (Wildman–Crippen LogP) is 1.68. The average Bonchev–Trinajstić information content (AvgIpc) is 2.00. The molecule has 0 bridgehead atoms. The van der Waals surface area contributed by atoms with Crippen LogP contribution in [-0.4, -0.2) is 25.4 Å². The number of rotatable bonds is 5. The van der Waals surface area contributed by atoms with Crippen LogP contribution in [0.4, 0.5) is 0 Å². The zero-order valence-corrected chi connectivity index (χ0v) is 8.05. The second-order valence-electron chi connectivity index (χ2n) is 3.71. The lowest BCUT2D eigenvalue weighted by molar-refractivity contribution is 0.0534. The number of aliphatic hydroxyl groups is 1. The fourth-order valence-corrected chi connectivity index (χ4v) is 0.886. The van der Waals surface area contributed by atoms with Crippen molar-refractivity contribution in [3.05, 3.63) is 0 Å². The van der Waals surface area contributed by atoms with Crippen LogP contribution in [0, 0.1) is 11.3 Å². The largest absolute Gasteiger partial charge is 0.396 e. The van der Waals surface area contributed by atoms with Crippen molar-refractivity contribution < 1.29 is 9.84 Å². The first-order valence-electron chi connectivity index (χ1n) is 4.16. The SMILES string of the molecule is COCCC(C)(CO)C(C)C. The number of methoxy groups -OCH3 is 1. The van der Waals surface area contributed by atoms with Gasteiger partial charge in [0.1, 0.15) is 0 Å². The first-order valence-corrected chi connectivity index (χ1v) is 4.16. The van der Waals surface area contributed by atoms with Crippen LogP contribution in [0.3, 0.4) is 0 Å². The third-order valence-corrected chi connectivity index (χ3v) is 2.63. The van der Waals surface area contributed by atoms with Crippen LogP contribution in [0.1, 0.15) is 27.2 Å². The monoisotopic (exact) mass is 160 g/mol. The van der Waals surface area contributed by atoms with E-state index in [9.17, 15) is 0 Å². The van der Waals surface area contributed by atoms with Crippen molar-refractivity contribution in [3.63, 3.8) is 0 Å². The van der Waals surface area contributed by atoms with Crippen molar-refractivity contribution in [2.45, 2.75) is 27.2 Å². The smallest absolute Gasteiger partial charge is 0.0488 e. The van der Waals surface area contributed by atoms with Gasteiger partial charge < -0.3 is 9.84 Å². The summed E-state index contributed by atoms with van der Waals surface area (Å²) in [7, 11) is 1.69. The van der Waals surface area contributed by atoms with Crippen molar-refractivity contribution in [2.75, 3.05) is 20.3 Å². The van der Waals surface area contributed by atoms with Crippen molar-refractivity contribution in [1.29, 1.82) is 0 Å². The van der Waals surface area contributed by atoms with E-state index in [0.717, 1.165) is 13.0 Å². The lowest BCUT2D eigenvalue weighted by Gasteiger charge is -2.31. The predicted molar refractivity (Wildman–Crippen MR) is 46.5 cm³/mol. The highest BCUT2D eigenvalue weighted by atomic mass is 16.5. The summed E-state index contributed by atoms with van der Waals surface area (Å²) in [6.45, 7) is 7.33. The number of ether oxygens (including phenoxy) is 1. The molecule has 0 fully saturated rings. The lowest BCUT2D eigenvalue weighted by Crippen LogP contribution is -2.29. The van der Waals surface area contributed by atoms with Crippen molar-refractivity contribution in [3.8, 4) is 0 Å². The fraction of sp³-hybridized carbons (Fsp3) is 1.00. The van der Waals surface area contributed by atoms with Crippen molar-refractivity contribution in [1.82, 2.24) is 0 Å². The molecule has 1 unspecified atom stereocenters. The quantitative estimate of drug-likeness (QED) is 0.663. The summed E-state index contributed by atoms with van der Waals surface area (Å²) in [6, 6.07) is 0. The van der Waals surface area contributed by atoms with Gasteiger partial charge in [-0.25, -0.2) is 0 Å². The molecule has 0 aromatic rings. The van der Waals surface area contributed by atoms with E-state index < -0.39 is 0 Å². The molecule has 0 aromatic carbocycles. The molecular weight excluding hydrogens is 140 g/mol. The normalized spacial score (nSPS) is 16.9. The standard InChI is InChI=1S/C9H20O2/c1-8(2)9(3,7-10)5-6-11-4/h8,10H,5-7H2,1-4H3. The average molecular weight is 160 g/mol. The Morgan fingerprint density at radius 3 is 2.27 bits per heavy atom. The Kier molecular flexibility index (Phi) is 4.69. The summed E-state index contributed by atoms with van der Waals surface area (Å²) in [5.41, 5.74) is 0.0238. The van der Waals surface area contributed by atoms with Gasteiger partial charge in [0, 0.05) is 20.3 Å². The van der Waals surface area contributed by atoms with Gasteiger partial charge >= 0.3 is 0 Å². The maximum atomic E-state index is 9.13. The first-order chi connectivity index (χ1) is 5.06. The summed E-state index contributed by atoms with van der Waals surface area (Å²) in [6.07, 6.45) is 0.928. The van der Waals surface area contributed by atoms with Gasteiger partial charge in [0.05, 0.1) is 0 Å². The third kappa shape index (κ3) is 3.21. The Balaban J connectivity index is 3.88. The zero-order valence-electron chi connectivity index (χ0n) is 8.05. The van der Waals surface area contributed by atoms with Gasteiger partial charge in [0.15, 0.2) is 0 Å². The molecule has 0 amide bonds. The zero-order chi connectivity index (χ0) is 8.91. The van der Waals surface area contributed by atoms with Gasteiger partial charge in [0.2, 0.25) is 0 Å². The van der Waals surface area contributed by atoms with Crippen LogP contribution in [0.15, 0.2) is 0 Å². The Labute approximate surface area is 69.6 Å². The molecule has 11 heavy (non-hydrogen) atoms. The van der Waals surface area contributed by atoms with E-state index in [1.807, 2.05) is 0 Å². The van der Waals surface area contributed by atoms with E-state index in [1.165, 1.54) is 0 Å². The second-order valence-corrected chi connectivity index (χ2v) is 3.71. The van der Waals surface area contributed by atoms with Crippen LogP contribution in [0.2, 0.25) is 0 Å². The van der Waals surface area contributed by atoms with Gasteiger partial charge in [-0.2, -0.15) is 0 Å². The van der Waals surface area contributed by atoms with Crippen LogP contribution in [-0.2, 0) is 4.74 Å². The van der Waals surface area contributed by atoms with E-state index >= 15 is 0 Å². The summed E-state index contributed by atoms with van der Waals surface area (Å²) in [5.74, 6) is 0.502. The molecule has 0 rings (SSSR count). The molecule has 0 saturated heterocycles. The molecule has 0 heterocycles. The molecule has 1 N–H and O–H groups in total. The minimum Gasteiger partial charge on any atom is -0.396 e. The fourth-order valence-electron chi connectivity index (χ4n) is 0.886. The highest BCUT2D eigenvalue weighted by molar-refractivity contribution is 4.76. The lowest BCUT2D eigenvalue weighted by atomic mass is 9.77. The van der Waals surface area contributed by atoms with E-state index in [0.29, 0.717) is 5.92 Å². The van der Waals surface area contributed by atoms with Crippen LogP contribution >= 0.6 is 0 Å². The van der Waals surface area contributed by atoms with E-state index in [4.69, 9.17) is 9.84 Å². The number of hydrogen-bond acceptors (Lipinski definition) is 2. The highest BCUT2D eigenvalue weighted by Crippen LogP contribution is 2.29. The van der Waals surface area contributed by atoms with Gasteiger partial charge in [-0.05, 0) is 17.8 Å². The first kappa shape index (κ1) is 10.9. The summed E-state index contributed by atoms with van der Waals surface area (Å²) in [4.78, 5) is 0. The minimum atomic E-state index is 0.0238. The van der Waals surface area contributed by atoms with Crippen molar-refractivity contribution in [2.24, 2.45) is 11.3 Å². The topological polar surface area (TPSA) is 29.5 Å². The van der Waals surface area contributed by atoms with Gasteiger partial charge in [0.25, 0.3) is 0 Å². The highest BCUT2D eigenvalue weighted by Gasteiger charge is 2.26. The molecule has 68 valence electrons. The number of hydrogen-bond donors (Lipinski definition) is 1. The van der Waals surface area contributed by atoms with E-state index in [-0.39, 0.29) is 12.0 Å². The Morgan fingerprint density at radius 1 is 1.45 bits per heavy atom. The van der Waals surface area contributed by atoms with E-state index in [1.54, 1.807) is 7.11 Å². The molecule has 0 aliphatic carbocycles. The number of aliphatic hydroxyl groups excluding tert-OH is 1. The minimum absolute atomic E-state index is 0.0238. The molecule has 0 spiro atoms. The van der Waals surface area contributed by atoms with Gasteiger partial charge in [-0.3, -0.25) is 0 Å². The molecule has 0 aliphatic heterocycles. The third-order valence-electron chi connectivity index (χ3n) is 2.63. The Morgan fingerprint density at radius 2 is 2.00 bits per heavy atom. The molecule has 1 atom stereocenters. The molecule has 0 aromatic heterocycles. The Hall–Kier alpha value is -0.0800. The van der Waals surface area contributed by atoms with Gasteiger partial charge in [-0.1, -0.05) is 20.8 Å². The summed E-state index contributed by atoms with van der Waals surface area (Å²) < 4.78 is 4.98. The summed E-state index contributed by atoms with van der Waals surface area (Å²) in [5, 5.41) is 9.13. The molecule has 0 radical (unpaired) electrons. The second kappa shape index (κ2) is 4.73. The van der Waals surface area contributed by atoms with E-state index in [2.05, 4.69) is 20.8 Å².